The van der Waals surface area contributed by atoms with Crippen molar-refractivity contribution in [2.24, 2.45) is 5.73 Å². The van der Waals surface area contributed by atoms with Crippen molar-refractivity contribution in [1.82, 2.24) is 4.98 Å². The minimum absolute atomic E-state index is 0.0216. The summed E-state index contributed by atoms with van der Waals surface area (Å²) in [5, 5.41) is 11.0. The second-order valence-electron chi connectivity index (χ2n) is 7.56. The first kappa shape index (κ1) is 21.7. The molecule has 33 heavy (non-hydrogen) atoms. The maximum atomic E-state index is 13.1. The third kappa shape index (κ3) is 3.59. The van der Waals surface area contributed by atoms with Gasteiger partial charge < -0.3 is 20.2 Å². The molecule has 1 aliphatic rings. The zero-order valence-corrected chi connectivity index (χ0v) is 18.4. The maximum absolute atomic E-state index is 13.1. The van der Waals surface area contributed by atoms with Gasteiger partial charge in [0.2, 0.25) is 0 Å². The number of anilines is 1. The third-order valence-electron chi connectivity index (χ3n) is 5.61. The van der Waals surface area contributed by atoms with Crippen LogP contribution in [-0.2, 0) is 19.1 Å². The van der Waals surface area contributed by atoms with E-state index in [1.54, 1.807) is 30.3 Å². The van der Waals surface area contributed by atoms with Crippen LogP contribution in [0.5, 0.6) is 0 Å². The summed E-state index contributed by atoms with van der Waals surface area (Å²) in [4.78, 5) is 30.7. The molecule has 2 heterocycles. The molecule has 1 unspecified atom stereocenters. The molecule has 1 aromatic heterocycles. The molecule has 2 aromatic carbocycles. The number of aryl methyl sites for hydroxylation is 1. The number of methoxy groups -OCH3 is 2. The van der Waals surface area contributed by atoms with Gasteiger partial charge in [-0.3, -0.25) is 4.90 Å². The van der Waals surface area contributed by atoms with Crippen molar-refractivity contribution in [3.05, 3.63) is 88.5 Å². The summed E-state index contributed by atoms with van der Waals surface area (Å²) >= 11 is 0. The van der Waals surface area contributed by atoms with Gasteiger partial charge in [-0.1, -0.05) is 30.3 Å². The molecule has 0 bridgehead atoms. The Morgan fingerprint density at radius 1 is 1.06 bits per heavy atom. The molecule has 8 heteroatoms. The molecule has 0 aliphatic carbocycles. The number of hydrogen-bond donors (Lipinski definition) is 2. The van der Waals surface area contributed by atoms with E-state index in [4.69, 9.17) is 15.2 Å². The Hall–Kier alpha value is -4.51. The van der Waals surface area contributed by atoms with Crippen molar-refractivity contribution < 1.29 is 19.1 Å². The highest BCUT2D eigenvalue weighted by Gasteiger charge is 2.43. The standard InChI is InChI=1S/C25H22N4O4/c1-14-11-16-12-17(9-10-19(16)28-14)29-22(25(31)33-3)21(24(30)32-2)20(18(13-26)23(29)27)15-7-5-4-6-8-15/h4-12,20,28H,27H2,1-3H3. The summed E-state index contributed by atoms with van der Waals surface area (Å²) < 4.78 is 10.1. The number of nitrogens with one attached hydrogen (secondary N) is 1. The van der Waals surface area contributed by atoms with E-state index in [0.29, 0.717) is 11.3 Å². The van der Waals surface area contributed by atoms with Crippen LogP contribution in [0.3, 0.4) is 0 Å². The minimum atomic E-state index is -0.896. The molecule has 0 spiro atoms. The number of fused-ring (bicyclic) bond motifs is 1. The number of H-pyrrole nitrogens is 1. The Morgan fingerprint density at radius 2 is 1.76 bits per heavy atom. The Morgan fingerprint density at radius 3 is 2.39 bits per heavy atom. The maximum Gasteiger partial charge on any atom is 0.355 e. The van der Waals surface area contributed by atoms with Gasteiger partial charge in [0.05, 0.1) is 37.4 Å². The monoisotopic (exact) mass is 442 g/mol. The molecule has 0 saturated carbocycles. The Balaban J connectivity index is 2.06. The Bertz CT molecular complexity index is 1360. The second-order valence-corrected chi connectivity index (χ2v) is 7.56. The number of nitrogens with zero attached hydrogens (tertiary/aromatic N) is 2. The third-order valence-corrected chi connectivity index (χ3v) is 5.61. The molecule has 4 rings (SSSR count). The van der Waals surface area contributed by atoms with Crippen LogP contribution < -0.4 is 10.6 Å². The lowest BCUT2D eigenvalue weighted by atomic mass is 9.81. The lowest BCUT2D eigenvalue weighted by molar-refractivity contribution is -0.139. The van der Waals surface area contributed by atoms with E-state index >= 15 is 0 Å². The molecule has 166 valence electrons. The van der Waals surface area contributed by atoms with Gasteiger partial charge in [0.1, 0.15) is 11.5 Å². The summed E-state index contributed by atoms with van der Waals surface area (Å²) in [5.74, 6) is -2.40. The van der Waals surface area contributed by atoms with Crippen molar-refractivity contribution in [1.29, 1.82) is 5.26 Å². The van der Waals surface area contributed by atoms with Crippen LogP contribution in [0, 0.1) is 18.3 Å². The van der Waals surface area contributed by atoms with Gasteiger partial charge >= 0.3 is 11.9 Å². The predicted octanol–water partition coefficient (Wildman–Crippen LogP) is 3.37. The van der Waals surface area contributed by atoms with Crippen LogP contribution in [0.25, 0.3) is 10.9 Å². The molecular formula is C25H22N4O4. The minimum Gasteiger partial charge on any atom is -0.466 e. The molecule has 0 radical (unpaired) electrons. The van der Waals surface area contributed by atoms with Crippen molar-refractivity contribution in [3.63, 3.8) is 0 Å². The van der Waals surface area contributed by atoms with Crippen LogP contribution in [0.15, 0.2) is 77.3 Å². The number of rotatable bonds is 4. The molecule has 0 fully saturated rings. The number of esters is 2. The number of ether oxygens (including phenoxy) is 2. The van der Waals surface area contributed by atoms with Crippen molar-refractivity contribution in [2.75, 3.05) is 19.1 Å². The highest BCUT2D eigenvalue weighted by molar-refractivity contribution is 6.06. The van der Waals surface area contributed by atoms with Gasteiger partial charge in [-0.25, -0.2) is 9.59 Å². The predicted molar refractivity (Wildman–Crippen MR) is 123 cm³/mol. The van der Waals surface area contributed by atoms with E-state index in [0.717, 1.165) is 16.6 Å². The lowest BCUT2D eigenvalue weighted by Crippen LogP contribution is -2.40. The Kier molecular flexibility index (Phi) is 5.63. The van der Waals surface area contributed by atoms with E-state index in [-0.39, 0.29) is 22.7 Å². The molecular weight excluding hydrogens is 420 g/mol. The van der Waals surface area contributed by atoms with Gasteiger partial charge in [0, 0.05) is 22.3 Å². The first-order valence-corrected chi connectivity index (χ1v) is 10.2. The van der Waals surface area contributed by atoms with E-state index in [1.165, 1.54) is 19.1 Å². The molecule has 3 aromatic rings. The molecule has 1 aliphatic heterocycles. The number of nitriles is 1. The number of aromatic amines is 1. The smallest absolute Gasteiger partial charge is 0.355 e. The summed E-state index contributed by atoms with van der Waals surface area (Å²) in [6, 6.07) is 18.4. The van der Waals surface area contributed by atoms with Crippen LogP contribution >= 0.6 is 0 Å². The molecule has 8 nitrogen and oxygen atoms in total. The number of carbonyl (C=O) groups is 2. The SMILES string of the molecule is COC(=O)C1=C(C(=O)OC)N(c2ccc3[nH]c(C)cc3c2)C(N)=C(C#N)C1c1ccccc1. The summed E-state index contributed by atoms with van der Waals surface area (Å²) in [6.45, 7) is 1.93. The van der Waals surface area contributed by atoms with Gasteiger partial charge in [0.15, 0.2) is 0 Å². The van der Waals surface area contributed by atoms with Crippen LogP contribution in [0.4, 0.5) is 5.69 Å². The zero-order chi connectivity index (χ0) is 23.7. The molecule has 0 saturated heterocycles. The number of benzene rings is 2. The van der Waals surface area contributed by atoms with Crippen LogP contribution in [0.2, 0.25) is 0 Å². The first-order valence-electron chi connectivity index (χ1n) is 10.2. The molecule has 3 N–H and O–H groups in total. The number of hydrogen-bond acceptors (Lipinski definition) is 7. The number of nitrogens with two attached hydrogens (primary N) is 1. The van der Waals surface area contributed by atoms with Crippen molar-refractivity contribution in [3.8, 4) is 6.07 Å². The van der Waals surface area contributed by atoms with Gasteiger partial charge in [-0.05, 0) is 36.8 Å². The van der Waals surface area contributed by atoms with Crippen LogP contribution in [-0.4, -0.2) is 31.1 Å². The topological polar surface area (TPSA) is 121 Å². The summed E-state index contributed by atoms with van der Waals surface area (Å²) in [5.41, 5.74) is 9.50. The van der Waals surface area contributed by atoms with E-state index < -0.39 is 17.9 Å². The fraction of sp³-hybridized carbons (Fsp3) is 0.160. The molecule has 0 amide bonds. The largest absolute Gasteiger partial charge is 0.466 e. The number of aromatic nitrogens is 1. The normalized spacial score (nSPS) is 16.1. The highest BCUT2D eigenvalue weighted by Crippen LogP contribution is 2.43. The summed E-state index contributed by atoms with van der Waals surface area (Å²) in [6.07, 6.45) is 0. The molecule has 1 atom stereocenters. The van der Waals surface area contributed by atoms with E-state index in [9.17, 15) is 14.9 Å². The van der Waals surface area contributed by atoms with Crippen molar-refractivity contribution in [2.45, 2.75) is 12.8 Å². The summed E-state index contributed by atoms with van der Waals surface area (Å²) in [7, 11) is 2.44. The lowest BCUT2D eigenvalue weighted by Gasteiger charge is -2.35. The van der Waals surface area contributed by atoms with Crippen LogP contribution in [0.1, 0.15) is 17.2 Å². The number of allylic oxidation sites excluding steroid dienone is 1. The fourth-order valence-corrected chi connectivity index (χ4v) is 4.19. The fourth-order valence-electron chi connectivity index (χ4n) is 4.19. The highest BCUT2D eigenvalue weighted by atomic mass is 16.5. The van der Waals surface area contributed by atoms with Gasteiger partial charge in [-0.15, -0.1) is 0 Å². The average Bonchev–Trinajstić information content (AvgIpc) is 3.21. The van der Waals surface area contributed by atoms with Gasteiger partial charge in [-0.2, -0.15) is 5.26 Å². The Labute approximate surface area is 190 Å². The second kappa shape index (κ2) is 8.55. The quantitative estimate of drug-likeness (QED) is 0.594. The zero-order valence-electron chi connectivity index (χ0n) is 18.4. The number of carbonyl (C=O) groups excluding carboxylic acids is 2. The van der Waals surface area contributed by atoms with E-state index in [2.05, 4.69) is 11.1 Å². The van der Waals surface area contributed by atoms with Gasteiger partial charge in [0.25, 0.3) is 0 Å². The van der Waals surface area contributed by atoms with E-state index in [1.807, 2.05) is 31.2 Å². The van der Waals surface area contributed by atoms with Crippen molar-refractivity contribution >= 4 is 28.5 Å². The first-order chi connectivity index (χ1) is 15.9. The average molecular weight is 442 g/mol.